The summed E-state index contributed by atoms with van der Waals surface area (Å²) in [6.07, 6.45) is 0. The van der Waals surface area contributed by atoms with Crippen LogP contribution in [0.3, 0.4) is 0 Å². The van der Waals surface area contributed by atoms with Crippen LogP contribution in [0.25, 0.3) is 10.4 Å². The predicted molar refractivity (Wildman–Crippen MR) is 33.9 cm³/mol. The first-order chi connectivity index (χ1) is 4.75. The Kier molecular flexibility index (Phi) is 1.75. The van der Waals surface area contributed by atoms with E-state index < -0.39 is 6.04 Å². The second-order valence-electron chi connectivity index (χ2n) is 2.05. The minimum Gasteiger partial charge on any atom is -0.350 e. The molecule has 1 rings (SSSR count). The van der Waals surface area contributed by atoms with E-state index in [0.29, 0.717) is 0 Å². The molecule has 1 heterocycles. The zero-order chi connectivity index (χ0) is 7.56. The molecular formula is C4H7N5O. The zero-order valence-corrected chi connectivity index (χ0v) is 5.19. The normalized spacial score (nSPS) is 29.9. The molecule has 1 amide bonds. The summed E-state index contributed by atoms with van der Waals surface area (Å²) in [5, 5.41) is 5.76. The lowest BCUT2D eigenvalue weighted by Gasteiger charge is -2.32. The Hall–Kier alpha value is -1.26. The van der Waals surface area contributed by atoms with E-state index in [0.717, 1.165) is 0 Å². The summed E-state index contributed by atoms with van der Waals surface area (Å²) < 4.78 is 0. The number of hydrogen-bond acceptors (Lipinski definition) is 3. The van der Waals surface area contributed by atoms with Gasteiger partial charge in [-0.05, 0) is 5.53 Å². The highest BCUT2D eigenvalue weighted by molar-refractivity contribution is 5.89. The summed E-state index contributed by atoms with van der Waals surface area (Å²) in [4.78, 5) is 13.0. The number of nitrogens with one attached hydrogen (secondary N) is 1. The lowest BCUT2D eigenvalue weighted by Crippen LogP contribution is -2.67. The highest BCUT2D eigenvalue weighted by Gasteiger charge is 2.34. The second kappa shape index (κ2) is 2.55. The van der Waals surface area contributed by atoms with Gasteiger partial charge >= 0.3 is 0 Å². The maximum absolute atomic E-state index is 10.4. The summed E-state index contributed by atoms with van der Waals surface area (Å²) in [5.74, 6) is -0.182. The first-order valence-corrected chi connectivity index (χ1v) is 2.82. The van der Waals surface area contributed by atoms with Crippen molar-refractivity contribution in [1.29, 1.82) is 0 Å². The molecule has 1 aliphatic heterocycles. The van der Waals surface area contributed by atoms with Gasteiger partial charge in [0.05, 0.1) is 6.04 Å². The first kappa shape index (κ1) is 6.85. The maximum atomic E-state index is 10.4. The highest BCUT2D eigenvalue weighted by Crippen LogP contribution is 2.02. The molecular weight excluding hydrogens is 134 g/mol. The molecule has 0 saturated carbocycles. The topological polar surface area (TPSA) is 104 Å². The van der Waals surface area contributed by atoms with Gasteiger partial charge < -0.3 is 11.1 Å². The fourth-order valence-electron chi connectivity index (χ4n) is 0.739. The third kappa shape index (κ3) is 1.02. The van der Waals surface area contributed by atoms with Gasteiger partial charge in [-0.1, -0.05) is 5.11 Å². The van der Waals surface area contributed by atoms with Gasteiger partial charge in [0, 0.05) is 11.5 Å². The van der Waals surface area contributed by atoms with Crippen LogP contribution in [-0.2, 0) is 4.79 Å². The molecule has 1 fully saturated rings. The Morgan fingerprint density at radius 2 is 2.60 bits per heavy atom. The maximum Gasteiger partial charge on any atom is 0.239 e. The van der Waals surface area contributed by atoms with Gasteiger partial charge in [0.25, 0.3) is 0 Å². The van der Waals surface area contributed by atoms with Crippen LogP contribution in [0.5, 0.6) is 0 Å². The summed E-state index contributed by atoms with van der Waals surface area (Å²) in [7, 11) is 0. The van der Waals surface area contributed by atoms with Crippen molar-refractivity contribution < 1.29 is 4.79 Å². The Morgan fingerprint density at radius 3 is 3.00 bits per heavy atom. The molecule has 0 unspecified atom stereocenters. The van der Waals surface area contributed by atoms with Crippen molar-refractivity contribution in [3.8, 4) is 0 Å². The molecule has 10 heavy (non-hydrogen) atoms. The Balaban J connectivity index is 2.33. The van der Waals surface area contributed by atoms with Crippen molar-refractivity contribution in [2.75, 3.05) is 6.54 Å². The van der Waals surface area contributed by atoms with Crippen LogP contribution in [0.4, 0.5) is 0 Å². The molecule has 0 radical (unpaired) electrons. The van der Waals surface area contributed by atoms with E-state index in [9.17, 15) is 4.79 Å². The number of β-lactam (4-membered cyclic amide) rings is 1. The van der Waals surface area contributed by atoms with Crippen molar-refractivity contribution in [3.05, 3.63) is 10.4 Å². The van der Waals surface area contributed by atoms with E-state index >= 15 is 0 Å². The number of nitrogens with zero attached hydrogens (tertiary/aromatic N) is 3. The van der Waals surface area contributed by atoms with Gasteiger partial charge in [0.2, 0.25) is 5.91 Å². The summed E-state index contributed by atoms with van der Waals surface area (Å²) in [5.41, 5.74) is 13.2. The lowest BCUT2D eigenvalue weighted by atomic mass is 10.0. The molecule has 6 heteroatoms. The van der Waals surface area contributed by atoms with Crippen molar-refractivity contribution in [3.63, 3.8) is 0 Å². The monoisotopic (exact) mass is 141 g/mol. The Morgan fingerprint density at radius 1 is 1.90 bits per heavy atom. The van der Waals surface area contributed by atoms with Crippen molar-refractivity contribution >= 4 is 5.91 Å². The van der Waals surface area contributed by atoms with Crippen LogP contribution in [0.2, 0.25) is 0 Å². The quantitative estimate of drug-likeness (QED) is 0.225. The van der Waals surface area contributed by atoms with Crippen LogP contribution >= 0.6 is 0 Å². The van der Waals surface area contributed by atoms with Crippen molar-refractivity contribution in [1.82, 2.24) is 5.32 Å². The molecule has 0 aromatic rings. The van der Waals surface area contributed by atoms with Crippen LogP contribution in [0.15, 0.2) is 5.11 Å². The van der Waals surface area contributed by atoms with Crippen LogP contribution in [0, 0.1) is 0 Å². The third-order valence-corrected chi connectivity index (χ3v) is 1.41. The molecule has 6 nitrogen and oxygen atoms in total. The number of hydrogen-bond donors (Lipinski definition) is 2. The molecule has 54 valence electrons. The average molecular weight is 141 g/mol. The number of amides is 1. The predicted octanol–water partition coefficient (Wildman–Crippen LogP) is -0.878. The van der Waals surface area contributed by atoms with E-state index in [-0.39, 0.29) is 18.5 Å². The van der Waals surface area contributed by atoms with Crippen molar-refractivity contribution in [2.45, 2.75) is 12.1 Å². The fourth-order valence-corrected chi connectivity index (χ4v) is 0.739. The average Bonchev–Trinajstić information content (AvgIpc) is 1.97. The minimum absolute atomic E-state index is 0.164. The number of azide groups is 1. The van der Waals surface area contributed by atoms with Gasteiger partial charge in [0.15, 0.2) is 0 Å². The molecule has 2 atom stereocenters. The van der Waals surface area contributed by atoms with E-state index in [1.165, 1.54) is 0 Å². The molecule has 1 aliphatic rings. The summed E-state index contributed by atoms with van der Waals surface area (Å²) in [6.45, 7) is 0.239. The largest absolute Gasteiger partial charge is 0.350 e. The van der Waals surface area contributed by atoms with Gasteiger partial charge in [-0.25, -0.2) is 0 Å². The van der Waals surface area contributed by atoms with Gasteiger partial charge in [0.1, 0.15) is 6.04 Å². The number of carbonyl (C=O) groups is 1. The van der Waals surface area contributed by atoms with E-state index in [1.54, 1.807) is 0 Å². The first-order valence-electron chi connectivity index (χ1n) is 2.82. The number of nitrogens with two attached hydrogens (primary N) is 1. The standard InChI is InChI=1S/C4H7N5O/c5-3-2(1-7-9-6)8-4(3)10/h2-3H,1,5H2,(H,8,10)/t2-,3+/m0/s1. The van der Waals surface area contributed by atoms with E-state index in [4.69, 9.17) is 11.3 Å². The zero-order valence-electron chi connectivity index (χ0n) is 5.19. The van der Waals surface area contributed by atoms with Crippen molar-refractivity contribution in [2.24, 2.45) is 10.8 Å². The smallest absolute Gasteiger partial charge is 0.239 e. The van der Waals surface area contributed by atoms with Crippen LogP contribution in [-0.4, -0.2) is 24.5 Å². The molecule has 1 saturated heterocycles. The summed E-state index contributed by atoms with van der Waals surface area (Å²) in [6, 6.07) is -0.658. The lowest BCUT2D eigenvalue weighted by molar-refractivity contribution is -0.130. The van der Waals surface area contributed by atoms with E-state index in [2.05, 4.69) is 15.3 Å². The molecule has 0 aliphatic carbocycles. The molecule has 0 aromatic heterocycles. The van der Waals surface area contributed by atoms with Gasteiger partial charge in [-0.3, -0.25) is 4.79 Å². The van der Waals surface area contributed by atoms with E-state index in [1.807, 2.05) is 0 Å². The number of rotatable bonds is 2. The SMILES string of the molecule is [N-]=[N+]=NC[C@@H]1NC(=O)[C@@H]1N. The van der Waals surface area contributed by atoms with Crippen LogP contribution in [0.1, 0.15) is 0 Å². The third-order valence-electron chi connectivity index (χ3n) is 1.41. The molecule has 0 bridgehead atoms. The van der Waals surface area contributed by atoms with Gasteiger partial charge in [-0.2, -0.15) is 0 Å². The fraction of sp³-hybridized carbons (Fsp3) is 0.750. The minimum atomic E-state index is -0.495. The van der Waals surface area contributed by atoms with Gasteiger partial charge in [-0.15, -0.1) is 0 Å². The summed E-state index contributed by atoms with van der Waals surface area (Å²) >= 11 is 0. The highest BCUT2D eigenvalue weighted by atomic mass is 16.2. The Labute approximate surface area is 57.0 Å². The molecule has 0 spiro atoms. The Bertz CT molecular complexity index is 196. The van der Waals surface area contributed by atoms with Crippen LogP contribution < -0.4 is 11.1 Å². The molecule has 0 aromatic carbocycles. The molecule has 3 N–H and O–H groups in total. The second-order valence-corrected chi connectivity index (χ2v) is 2.05. The number of carbonyl (C=O) groups excluding carboxylic acids is 1.